The van der Waals surface area contributed by atoms with E-state index in [1.54, 1.807) is 14.2 Å². The average molecular weight is 364 g/mol. The van der Waals surface area contributed by atoms with Crippen LogP contribution in [0, 0.1) is 0 Å². The van der Waals surface area contributed by atoms with Gasteiger partial charge in [-0.2, -0.15) is 0 Å². The van der Waals surface area contributed by atoms with Crippen molar-refractivity contribution >= 4 is 31.9 Å². The number of alkyl halides is 1. The third-order valence-corrected chi connectivity index (χ3v) is 4.93. The lowest BCUT2D eigenvalue weighted by Crippen LogP contribution is -2.12. The van der Waals surface area contributed by atoms with Gasteiger partial charge >= 0.3 is 0 Å². The summed E-state index contributed by atoms with van der Waals surface area (Å²) >= 11 is 7.40. The Hall–Kier alpha value is -0.220. The molecule has 17 heavy (non-hydrogen) atoms. The van der Waals surface area contributed by atoms with E-state index >= 15 is 0 Å². The predicted octanol–water partition coefficient (Wildman–Crippen LogP) is 4.80. The van der Waals surface area contributed by atoms with Crippen molar-refractivity contribution in [2.45, 2.75) is 30.5 Å². The van der Waals surface area contributed by atoms with Crippen LogP contribution in [0.5, 0.6) is 11.5 Å². The van der Waals surface area contributed by atoms with Gasteiger partial charge in [-0.25, -0.2) is 0 Å². The minimum atomic E-state index is 0.343. The molecule has 0 radical (unpaired) electrons. The molecule has 1 aromatic rings. The molecular formula is C13H16Br2O2. The molecule has 0 amide bonds. The highest BCUT2D eigenvalue weighted by Crippen LogP contribution is 2.52. The molecule has 1 aromatic carbocycles. The second-order valence-corrected chi connectivity index (χ2v) is 6.33. The number of rotatable bonds is 2. The average Bonchev–Trinajstić information content (AvgIpc) is 2.32. The van der Waals surface area contributed by atoms with Gasteiger partial charge in [0.25, 0.3) is 0 Å². The molecule has 0 saturated heterocycles. The Morgan fingerprint density at radius 2 is 1.88 bits per heavy atom. The predicted molar refractivity (Wildman–Crippen MR) is 76.6 cm³/mol. The molecule has 1 aliphatic carbocycles. The van der Waals surface area contributed by atoms with Gasteiger partial charge in [-0.3, -0.25) is 0 Å². The highest BCUT2D eigenvalue weighted by Gasteiger charge is 2.30. The minimum absolute atomic E-state index is 0.343. The summed E-state index contributed by atoms with van der Waals surface area (Å²) in [6, 6.07) is 2.00. The van der Waals surface area contributed by atoms with Crippen LogP contribution in [0.1, 0.15) is 41.6 Å². The first-order valence-electron chi connectivity index (χ1n) is 5.68. The summed E-state index contributed by atoms with van der Waals surface area (Å²) in [5, 5.41) is 0. The van der Waals surface area contributed by atoms with Crippen LogP contribution in [0.2, 0.25) is 0 Å². The fourth-order valence-electron chi connectivity index (χ4n) is 2.50. The monoisotopic (exact) mass is 362 g/mol. The normalized spacial score (nSPS) is 23.1. The van der Waals surface area contributed by atoms with Crippen molar-refractivity contribution < 1.29 is 9.47 Å². The van der Waals surface area contributed by atoms with Crippen LogP contribution in [0.15, 0.2) is 10.5 Å². The van der Waals surface area contributed by atoms with Gasteiger partial charge in [-0.15, -0.1) is 0 Å². The highest BCUT2D eigenvalue weighted by molar-refractivity contribution is 9.10. The largest absolute Gasteiger partial charge is 0.493 e. The Kier molecular flexibility index (Phi) is 4.03. The van der Waals surface area contributed by atoms with E-state index in [0.717, 1.165) is 22.4 Å². The van der Waals surface area contributed by atoms with Crippen molar-refractivity contribution in [1.82, 2.24) is 0 Å². The number of fused-ring (bicyclic) bond motifs is 1. The first-order valence-corrected chi connectivity index (χ1v) is 7.39. The number of hydrogen-bond donors (Lipinski definition) is 0. The molecular weight excluding hydrogens is 348 g/mol. The van der Waals surface area contributed by atoms with E-state index in [9.17, 15) is 0 Å². The zero-order valence-corrected chi connectivity index (χ0v) is 13.4. The summed E-state index contributed by atoms with van der Waals surface area (Å²) < 4.78 is 12.0. The number of hydrogen-bond acceptors (Lipinski definition) is 2. The van der Waals surface area contributed by atoms with Gasteiger partial charge in [-0.1, -0.05) is 38.8 Å². The van der Waals surface area contributed by atoms with Crippen LogP contribution >= 0.6 is 31.9 Å². The summed E-state index contributed by atoms with van der Waals surface area (Å²) in [5.74, 6) is 2.20. The van der Waals surface area contributed by atoms with E-state index in [-0.39, 0.29) is 0 Å². The van der Waals surface area contributed by atoms with Gasteiger partial charge in [0.05, 0.1) is 14.2 Å². The molecule has 1 aliphatic rings. The standard InChI is InChI=1S/C13H16Br2O2/c1-7-4-5-8(14)12-11(7)9(15)6-10(16-2)13(12)17-3/h6-8H,4-5H2,1-3H3. The quantitative estimate of drug-likeness (QED) is 0.702. The summed E-state index contributed by atoms with van der Waals surface area (Å²) in [5.41, 5.74) is 2.58. The van der Waals surface area contributed by atoms with Crippen molar-refractivity contribution in [2.75, 3.05) is 14.2 Å². The number of benzene rings is 1. The third kappa shape index (κ3) is 2.22. The molecule has 2 atom stereocenters. The van der Waals surface area contributed by atoms with Crippen molar-refractivity contribution in [3.05, 3.63) is 21.7 Å². The van der Waals surface area contributed by atoms with Crippen molar-refractivity contribution in [3.63, 3.8) is 0 Å². The summed E-state index contributed by atoms with van der Waals surface area (Å²) in [6.45, 7) is 2.26. The van der Waals surface area contributed by atoms with E-state index in [1.807, 2.05) is 6.07 Å². The van der Waals surface area contributed by atoms with E-state index in [4.69, 9.17) is 9.47 Å². The summed E-state index contributed by atoms with van der Waals surface area (Å²) in [7, 11) is 3.37. The summed E-state index contributed by atoms with van der Waals surface area (Å²) in [6.07, 6.45) is 2.32. The molecule has 0 aliphatic heterocycles. The van der Waals surface area contributed by atoms with Crippen molar-refractivity contribution in [1.29, 1.82) is 0 Å². The minimum Gasteiger partial charge on any atom is -0.493 e. The Morgan fingerprint density at radius 1 is 1.18 bits per heavy atom. The maximum absolute atomic E-state index is 5.53. The maximum atomic E-state index is 5.53. The first-order chi connectivity index (χ1) is 8.10. The second kappa shape index (κ2) is 5.19. The molecule has 2 rings (SSSR count). The lowest BCUT2D eigenvalue weighted by Gasteiger charge is -2.30. The SMILES string of the molecule is COc1cc(Br)c2c(c1OC)C(Br)CCC2C. The zero-order chi connectivity index (χ0) is 12.6. The highest BCUT2D eigenvalue weighted by atomic mass is 79.9. The molecule has 0 spiro atoms. The van der Waals surface area contributed by atoms with Gasteiger partial charge in [-0.05, 0) is 30.4 Å². The van der Waals surface area contributed by atoms with E-state index in [1.165, 1.54) is 17.5 Å². The number of halogens is 2. The van der Waals surface area contributed by atoms with Gasteiger partial charge in [0.2, 0.25) is 0 Å². The maximum Gasteiger partial charge on any atom is 0.165 e. The molecule has 4 heteroatoms. The lowest BCUT2D eigenvalue weighted by atomic mass is 9.83. The smallest absolute Gasteiger partial charge is 0.165 e. The van der Waals surface area contributed by atoms with Crippen molar-refractivity contribution in [3.8, 4) is 11.5 Å². The number of methoxy groups -OCH3 is 2. The molecule has 0 saturated carbocycles. The molecule has 2 nitrogen and oxygen atoms in total. The van der Waals surface area contributed by atoms with Gasteiger partial charge < -0.3 is 9.47 Å². The van der Waals surface area contributed by atoms with Crippen LogP contribution in [0.3, 0.4) is 0 Å². The van der Waals surface area contributed by atoms with Gasteiger partial charge in [0.15, 0.2) is 11.5 Å². The molecule has 0 heterocycles. The van der Waals surface area contributed by atoms with Gasteiger partial charge in [0, 0.05) is 14.9 Å². The Labute approximate surface area is 119 Å². The van der Waals surface area contributed by atoms with Crippen LogP contribution in [0.4, 0.5) is 0 Å². The summed E-state index contributed by atoms with van der Waals surface area (Å²) in [4.78, 5) is 0.343. The Balaban J connectivity index is 2.70. The van der Waals surface area contributed by atoms with E-state index < -0.39 is 0 Å². The Bertz CT molecular complexity index is 432. The fourth-order valence-corrected chi connectivity index (χ4v) is 4.03. The third-order valence-electron chi connectivity index (χ3n) is 3.36. The molecule has 0 N–H and O–H groups in total. The van der Waals surface area contributed by atoms with Gasteiger partial charge in [0.1, 0.15) is 0 Å². The number of ether oxygens (including phenoxy) is 2. The van der Waals surface area contributed by atoms with Crippen LogP contribution in [0.25, 0.3) is 0 Å². The molecule has 2 unspecified atom stereocenters. The van der Waals surface area contributed by atoms with Crippen molar-refractivity contribution in [2.24, 2.45) is 0 Å². The molecule has 0 fully saturated rings. The van der Waals surface area contributed by atoms with E-state index in [2.05, 4.69) is 38.8 Å². The second-order valence-electron chi connectivity index (χ2n) is 4.37. The first kappa shape index (κ1) is 13.2. The lowest BCUT2D eigenvalue weighted by molar-refractivity contribution is 0.348. The van der Waals surface area contributed by atoms with Crippen LogP contribution in [-0.2, 0) is 0 Å². The topological polar surface area (TPSA) is 18.5 Å². The van der Waals surface area contributed by atoms with Crippen LogP contribution < -0.4 is 9.47 Å². The Morgan fingerprint density at radius 3 is 2.47 bits per heavy atom. The fraction of sp³-hybridized carbons (Fsp3) is 0.538. The van der Waals surface area contributed by atoms with E-state index in [0.29, 0.717) is 10.7 Å². The molecule has 0 bridgehead atoms. The van der Waals surface area contributed by atoms with Crippen LogP contribution in [-0.4, -0.2) is 14.2 Å². The molecule has 94 valence electrons. The zero-order valence-electron chi connectivity index (χ0n) is 10.2. The molecule has 0 aromatic heterocycles.